The van der Waals surface area contributed by atoms with Crippen molar-refractivity contribution in [3.8, 4) is 45.5 Å². The summed E-state index contributed by atoms with van der Waals surface area (Å²) in [5, 5.41) is 18.9. The Bertz CT molecular complexity index is 2350. The molecule has 304 valence electrons. The number of hydrogen-bond donors (Lipinski definition) is 3. The molecule has 15 heteroatoms. The summed E-state index contributed by atoms with van der Waals surface area (Å²) in [5.41, 5.74) is 10.5. The van der Waals surface area contributed by atoms with Crippen LogP contribution in [0.3, 0.4) is 0 Å². The summed E-state index contributed by atoms with van der Waals surface area (Å²) in [7, 11) is 1.45. The zero-order chi connectivity index (χ0) is 41.7. The summed E-state index contributed by atoms with van der Waals surface area (Å²) in [4.78, 5) is 34.8. The average Bonchev–Trinajstić information content (AvgIpc) is 3.81. The Morgan fingerprint density at radius 2 is 1.40 bits per heavy atom. The van der Waals surface area contributed by atoms with Crippen molar-refractivity contribution < 1.29 is 47.5 Å². The number of methoxy groups -OCH3 is 1. The zero-order valence-electron chi connectivity index (χ0n) is 31.9. The van der Waals surface area contributed by atoms with E-state index in [1.165, 1.54) is 37.4 Å². The number of Topliss-reactive ketones (excluding diaryl/α,β-unsaturated/α-hetero) is 2. The maximum atomic E-state index is 13.7. The molecule has 2 aliphatic rings. The number of aliphatic hydroxyl groups is 2. The molecule has 58 heavy (non-hydrogen) atoms. The van der Waals surface area contributed by atoms with E-state index in [0.717, 1.165) is 11.1 Å². The number of nitrogens with zero attached hydrogens (tertiary/aromatic N) is 2. The highest BCUT2D eigenvalue weighted by Gasteiger charge is 2.29. The number of aliphatic hydroxyl groups excluding tert-OH is 2. The van der Waals surface area contributed by atoms with E-state index in [0.29, 0.717) is 70.0 Å². The quantitative estimate of drug-likeness (QED) is 0.0979. The van der Waals surface area contributed by atoms with Crippen molar-refractivity contribution >= 4 is 34.8 Å². The van der Waals surface area contributed by atoms with Crippen LogP contribution in [0.1, 0.15) is 82.3 Å². The first-order valence-corrected chi connectivity index (χ1v) is 19.2. The van der Waals surface area contributed by atoms with E-state index in [9.17, 15) is 23.5 Å². The molecule has 0 saturated heterocycles. The largest absolute Gasteiger partial charge is 0.493 e. The molecule has 0 spiro atoms. The molecule has 4 heterocycles. The highest BCUT2D eigenvalue weighted by Crippen LogP contribution is 2.43. The molecule has 7 rings (SSSR count). The molecule has 0 fully saturated rings. The molecular weight excluding hydrogens is 795 g/mol. The fourth-order valence-electron chi connectivity index (χ4n) is 6.49. The fraction of sp³-hybridized carbons (Fsp3) is 0.302. The highest BCUT2D eigenvalue weighted by atomic mass is 35.5. The molecule has 2 aliphatic heterocycles. The van der Waals surface area contributed by atoms with Crippen LogP contribution in [0.4, 0.5) is 8.78 Å². The van der Waals surface area contributed by atoms with Gasteiger partial charge < -0.3 is 34.9 Å². The molecule has 0 amide bonds. The standard InChI is InChI=1S/C27H25ClFNO6.C16H16ClFN2O2/c1-15-14-36-27-18(15)13-21(30-26(27)17-3-5-20(29)19(28)11-17)23(33)7-6-22(32)16-4-8-24(35-10-9-31)25(12-16)34-2;1-8-7-22-16-10(8)5-13(14(21)6-19)20-15(16)9-2-3-12(18)11(17)4-9/h3-5,8,11-13,15,31H,6-7,9-10,14H2,1-2H3;2-5,8,14,21H,6-7,19H2,1H3. The monoisotopic (exact) mass is 835 g/mol. The molecule has 3 aromatic carbocycles. The van der Waals surface area contributed by atoms with Gasteiger partial charge in [0.15, 0.2) is 23.1 Å². The van der Waals surface area contributed by atoms with Gasteiger partial charge in [0.25, 0.3) is 0 Å². The van der Waals surface area contributed by atoms with Crippen molar-refractivity contribution in [1.82, 2.24) is 9.97 Å². The minimum absolute atomic E-state index is 0.0175. The first-order valence-electron chi connectivity index (χ1n) is 18.5. The van der Waals surface area contributed by atoms with Gasteiger partial charge in [-0.15, -0.1) is 0 Å². The number of nitrogens with two attached hydrogens (primary N) is 1. The second-order valence-corrected chi connectivity index (χ2v) is 14.6. The van der Waals surface area contributed by atoms with Gasteiger partial charge in [-0.2, -0.15) is 0 Å². The van der Waals surface area contributed by atoms with Crippen LogP contribution in [0.25, 0.3) is 22.5 Å². The Balaban J connectivity index is 0.000000220. The van der Waals surface area contributed by atoms with Crippen molar-refractivity contribution in [3.63, 3.8) is 0 Å². The molecule has 2 aromatic heterocycles. The third-order valence-electron chi connectivity index (χ3n) is 9.69. The predicted octanol–water partition coefficient (Wildman–Crippen LogP) is 8.29. The van der Waals surface area contributed by atoms with Gasteiger partial charge in [0, 0.05) is 59.0 Å². The number of hydrogen-bond acceptors (Lipinski definition) is 11. The normalized spacial score (nSPS) is 15.6. The molecule has 3 unspecified atom stereocenters. The lowest BCUT2D eigenvalue weighted by Gasteiger charge is -2.14. The van der Waals surface area contributed by atoms with Crippen LogP contribution in [-0.2, 0) is 0 Å². The Hall–Kier alpha value is -5.18. The van der Waals surface area contributed by atoms with Crippen LogP contribution in [-0.4, -0.2) is 71.8 Å². The minimum atomic E-state index is -0.854. The molecule has 11 nitrogen and oxygen atoms in total. The van der Waals surface area contributed by atoms with E-state index in [1.807, 2.05) is 19.9 Å². The number of ether oxygens (including phenoxy) is 4. The third-order valence-corrected chi connectivity index (χ3v) is 10.3. The number of carbonyl (C=O) groups excluding carboxylic acids is 2. The molecule has 0 bridgehead atoms. The van der Waals surface area contributed by atoms with Crippen LogP contribution in [0.15, 0.2) is 66.7 Å². The Kier molecular flexibility index (Phi) is 13.6. The van der Waals surface area contributed by atoms with Gasteiger partial charge >= 0.3 is 0 Å². The van der Waals surface area contributed by atoms with E-state index in [1.54, 1.807) is 30.3 Å². The highest BCUT2D eigenvalue weighted by molar-refractivity contribution is 6.31. The average molecular weight is 837 g/mol. The van der Waals surface area contributed by atoms with E-state index in [-0.39, 0.29) is 71.7 Å². The van der Waals surface area contributed by atoms with E-state index in [4.69, 9.17) is 53.0 Å². The molecule has 5 aromatic rings. The molecule has 0 radical (unpaired) electrons. The molecule has 3 atom stereocenters. The minimum Gasteiger partial charge on any atom is -0.493 e. The summed E-state index contributed by atoms with van der Waals surface area (Å²) >= 11 is 11.8. The number of pyridine rings is 2. The van der Waals surface area contributed by atoms with Crippen molar-refractivity contribution in [3.05, 3.63) is 116 Å². The van der Waals surface area contributed by atoms with Crippen molar-refractivity contribution in [1.29, 1.82) is 0 Å². The predicted molar refractivity (Wildman–Crippen MR) is 215 cm³/mol. The van der Waals surface area contributed by atoms with Crippen LogP contribution >= 0.6 is 23.2 Å². The third kappa shape index (κ3) is 9.24. The van der Waals surface area contributed by atoms with Crippen LogP contribution in [0, 0.1) is 11.6 Å². The number of rotatable bonds is 13. The summed E-state index contributed by atoms with van der Waals surface area (Å²) in [6.45, 7) is 5.02. The number of ketones is 2. The molecule has 0 aliphatic carbocycles. The number of halogens is 4. The van der Waals surface area contributed by atoms with Gasteiger partial charge in [0.1, 0.15) is 52.9 Å². The van der Waals surface area contributed by atoms with E-state index < -0.39 is 17.7 Å². The number of carbonyl (C=O) groups is 2. The lowest BCUT2D eigenvalue weighted by atomic mass is 9.97. The second kappa shape index (κ2) is 18.6. The second-order valence-electron chi connectivity index (χ2n) is 13.8. The van der Waals surface area contributed by atoms with Gasteiger partial charge in [-0.25, -0.2) is 18.7 Å². The fourth-order valence-corrected chi connectivity index (χ4v) is 6.85. The summed E-state index contributed by atoms with van der Waals surface area (Å²) in [6, 6.07) is 16.9. The van der Waals surface area contributed by atoms with Gasteiger partial charge in [-0.05, 0) is 66.7 Å². The lowest BCUT2D eigenvalue weighted by molar-refractivity contribution is 0.0914. The SMILES string of the molecule is CC1COc2c1cc(C(O)CN)nc2-c1ccc(F)c(Cl)c1.COc1cc(C(=O)CCC(=O)c2cc3c(c(-c4ccc(F)c(Cl)c4)n2)OCC3C)ccc1OCCO. The summed E-state index contributed by atoms with van der Waals surface area (Å²) in [5.74, 6) is 0.631. The van der Waals surface area contributed by atoms with Crippen molar-refractivity contribution in [2.75, 3.05) is 40.1 Å². The van der Waals surface area contributed by atoms with Gasteiger partial charge in [-0.3, -0.25) is 9.59 Å². The van der Waals surface area contributed by atoms with Crippen LogP contribution in [0.5, 0.6) is 23.0 Å². The maximum absolute atomic E-state index is 13.7. The number of benzene rings is 3. The Labute approximate surface area is 343 Å². The van der Waals surface area contributed by atoms with Gasteiger partial charge in [0.2, 0.25) is 0 Å². The van der Waals surface area contributed by atoms with Gasteiger partial charge in [-0.1, -0.05) is 37.0 Å². The van der Waals surface area contributed by atoms with E-state index >= 15 is 0 Å². The van der Waals surface area contributed by atoms with Gasteiger partial charge in [0.05, 0.1) is 42.7 Å². The maximum Gasteiger partial charge on any atom is 0.181 e. The Morgan fingerprint density at radius 1 is 0.828 bits per heavy atom. The molecule has 0 saturated carbocycles. The first kappa shape index (κ1) is 42.4. The van der Waals surface area contributed by atoms with Crippen LogP contribution < -0.4 is 24.7 Å². The molecule has 4 N–H and O–H groups in total. The zero-order valence-corrected chi connectivity index (χ0v) is 33.4. The summed E-state index contributed by atoms with van der Waals surface area (Å²) in [6.07, 6.45) is -0.927. The Morgan fingerprint density at radius 3 is 1.95 bits per heavy atom. The smallest absolute Gasteiger partial charge is 0.181 e. The van der Waals surface area contributed by atoms with E-state index in [2.05, 4.69) is 9.97 Å². The number of aromatic nitrogens is 2. The summed E-state index contributed by atoms with van der Waals surface area (Å²) < 4.78 is 49.3. The molecular formula is C43H41Cl2F2N3O8. The van der Waals surface area contributed by atoms with Crippen molar-refractivity contribution in [2.45, 2.75) is 44.6 Å². The van der Waals surface area contributed by atoms with Crippen molar-refractivity contribution in [2.24, 2.45) is 5.73 Å². The van der Waals surface area contributed by atoms with Crippen LogP contribution in [0.2, 0.25) is 10.0 Å². The number of fused-ring (bicyclic) bond motifs is 2. The first-order chi connectivity index (χ1) is 27.8. The lowest BCUT2D eigenvalue weighted by Crippen LogP contribution is -2.13. The topological polar surface area (TPSA) is 163 Å².